The highest BCUT2D eigenvalue weighted by molar-refractivity contribution is 4.59. The van der Waals surface area contributed by atoms with E-state index in [0.29, 0.717) is 6.29 Å². The molecule has 0 aliphatic rings. The standard InChI is InChI=1S/C10H25N3.C9H24N4.C7H19N3.C5H14N2.C3H9N.CH4/c1-10(2)7-13(8-11(3)4)9-12(5)6;1-10(2)7-12(5)9-13(6)8-11(3)4;1-8(2)7(9(3)4)10(5)6;1-6(2)5-7(3)4;1-4(2)3;/h10H,7-9H2,1-6H3;7-9H2,1-6H3;7H,1-6H3;5H2,1-4H3;1-3H3;1H4. The van der Waals surface area contributed by atoms with Crippen LogP contribution in [0.2, 0.25) is 0 Å². The fourth-order valence-corrected chi connectivity index (χ4v) is 4.90. The summed E-state index contributed by atoms with van der Waals surface area (Å²) in [5.41, 5.74) is 0. The highest BCUT2D eigenvalue weighted by atomic mass is 15.5. The summed E-state index contributed by atoms with van der Waals surface area (Å²) in [6, 6.07) is 0. The maximum Gasteiger partial charge on any atom is 0.118 e. The summed E-state index contributed by atoms with van der Waals surface area (Å²) in [5, 5.41) is 0. The summed E-state index contributed by atoms with van der Waals surface area (Å²) in [4.78, 5) is 28.5. The van der Waals surface area contributed by atoms with E-state index in [9.17, 15) is 0 Å². The molecule has 0 N–H and O–H groups in total. The Bertz CT molecular complexity index is 546. The summed E-state index contributed by atoms with van der Waals surface area (Å²) in [6.45, 7) is 11.8. The molecule has 0 unspecified atom stereocenters. The van der Waals surface area contributed by atoms with Crippen molar-refractivity contribution >= 4 is 0 Å². The Labute approximate surface area is 305 Å². The van der Waals surface area contributed by atoms with E-state index >= 15 is 0 Å². The third-order valence-corrected chi connectivity index (χ3v) is 5.07. The molecule has 0 rings (SSSR count). The molecule has 0 aliphatic carbocycles. The maximum atomic E-state index is 2.45. The lowest BCUT2D eigenvalue weighted by Crippen LogP contribution is -2.50. The summed E-state index contributed by atoms with van der Waals surface area (Å²) in [6.07, 6.45) is 0.389. The van der Waals surface area contributed by atoms with Gasteiger partial charge in [0, 0.05) is 13.2 Å². The van der Waals surface area contributed by atoms with Gasteiger partial charge >= 0.3 is 0 Å². The molecule has 0 aromatic rings. The molecule has 300 valence electrons. The minimum atomic E-state index is 0. The first kappa shape index (κ1) is 59.6. The van der Waals surface area contributed by atoms with Crippen LogP contribution < -0.4 is 0 Å². The third-order valence-electron chi connectivity index (χ3n) is 5.07. The van der Waals surface area contributed by atoms with Crippen molar-refractivity contribution in [3.63, 3.8) is 0 Å². The topological polar surface area (TPSA) is 42.1 Å². The maximum absolute atomic E-state index is 2.45. The Morgan fingerprint density at radius 3 is 0.688 bits per heavy atom. The molecule has 13 heteroatoms. The molecule has 0 saturated carbocycles. The van der Waals surface area contributed by atoms with Crippen LogP contribution in [0.15, 0.2) is 0 Å². The fourth-order valence-electron chi connectivity index (χ4n) is 4.90. The number of hydrogen-bond acceptors (Lipinski definition) is 13. The molecule has 48 heavy (non-hydrogen) atoms. The monoisotopic (exact) mass is 698 g/mol. The predicted octanol–water partition coefficient (Wildman–Crippen LogP) is 1.66. The number of hydrogen-bond donors (Lipinski definition) is 0. The first-order chi connectivity index (χ1) is 21.1. The summed E-state index contributed by atoms with van der Waals surface area (Å²) >= 11 is 0. The smallest absolute Gasteiger partial charge is 0.118 e. The predicted molar refractivity (Wildman–Crippen MR) is 220 cm³/mol. The molecule has 0 bridgehead atoms. The van der Waals surface area contributed by atoms with Crippen molar-refractivity contribution in [2.24, 2.45) is 5.92 Å². The zero-order valence-corrected chi connectivity index (χ0v) is 36.9. The molecule has 0 amide bonds. The second-order valence-electron chi connectivity index (χ2n) is 15.9. The van der Waals surface area contributed by atoms with E-state index in [2.05, 4.69) is 214 Å². The Morgan fingerprint density at radius 1 is 0.333 bits per heavy atom. The second kappa shape index (κ2) is 36.3. The molecule has 0 saturated heterocycles. The van der Waals surface area contributed by atoms with E-state index < -0.39 is 0 Å². The average molecular weight is 698 g/mol. The van der Waals surface area contributed by atoms with Gasteiger partial charge in [-0.2, -0.15) is 0 Å². The summed E-state index contributed by atoms with van der Waals surface area (Å²) in [5.74, 6) is 0.736. The van der Waals surface area contributed by atoms with E-state index in [1.807, 2.05) is 26.0 Å². The van der Waals surface area contributed by atoms with Crippen molar-refractivity contribution in [1.29, 1.82) is 0 Å². The molecule has 0 fully saturated rings. The highest BCUT2D eigenvalue weighted by Crippen LogP contribution is 2.00. The normalized spacial score (nSPS) is 11.8. The molecule has 0 aliphatic heterocycles. The molecular weight excluding hydrogens is 602 g/mol. The Kier molecular flexibility index (Phi) is 45.1. The molecule has 0 aromatic heterocycles. The Balaban J connectivity index is -0.000000119. The van der Waals surface area contributed by atoms with Gasteiger partial charge in [0.1, 0.15) is 6.29 Å². The third kappa shape index (κ3) is 57.7. The van der Waals surface area contributed by atoms with Crippen LogP contribution in [-0.4, -0.2) is 279 Å². The first-order valence-electron chi connectivity index (χ1n) is 16.7. The van der Waals surface area contributed by atoms with Crippen LogP contribution in [-0.2, 0) is 0 Å². The minimum Gasteiger partial charge on any atom is -0.312 e. The van der Waals surface area contributed by atoms with E-state index in [0.717, 1.165) is 52.5 Å². The van der Waals surface area contributed by atoms with Gasteiger partial charge in [0.25, 0.3) is 0 Å². The van der Waals surface area contributed by atoms with Crippen LogP contribution in [0.5, 0.6) is 0 Å². The molecule has 0 spiro atoms. The zero-order chi connectivity index (χ0) is 38.6. The first-order valence-corrected chi connectivity index (χ1v) is 16.7. The van der Waals surface area contributed by atoms with Gasteiger partial charge in [-0.25, -0.2) is 0 Å². The Hall–Kier alpha value is -0.520. The van der Waals surface area contributed by atoms with Gasteiger partial charge in [0.15, 0.2) is 0 Å². The molecule has 0 aromatic carbocycles. The molecule has 0 atom stereocenters. The van der Waals surface area contributed by atoms with Crippen molar-refractivity contribution in [2.45, 2.75) is 27.6 Å². The van der Waals surface area contributed by atoms with Gasteiger partial charge in [-0.3, -0.25) is 58.8 Å². The molecule has 0 heterocycles. The fraction of sp³-hybridized carbons (Fsp3) is 1.00. The van der Waals surface area contributed by atoms with Crippen LogP contribution >= 0.6 is 0 Å². The van der Waals surface area contributed by atoms with E-state index in [-0.39, 0.29) is 7.43 Å². The van der Waals surface area contributed by atoms with Crippen molar-refractivity contribution in [2.75, 3.05) is 209 Å². The lowest BCUT2D eigenvalue weighted by atomic mass is 10.2. The van der Waals surface area contributed by atoms with Gasteiger partial charge in [-0.05, 0) is 168 Å². The SMILES string of the molecule is C.CC(C)CN(CN(C)C)CN(C)C.CN(C)C.CN(C)C(N(C)C)N(C)C.CN(C)CN(C)C.CN(C)CN(C)CN(C)CN(C)C. The number of rotatable bonds is 17. The van der Waals surface area contributed by atoms with Crippen molar-refractivity contribution in [3.05, 3.63) is 0 Å². The Morgan fingerprint density at radius 2 is 0.562 bits per heavy atom. The van der Waals surface area contributed by atoms with Crippen molar-refractivity contribution in [3.8, 4) is 0 Å². The van der Waals surface area contributed by atoms with Crippen LogP contribution in [0.3, 0.4) is 0 Å². The van der Waals surface area contributed by atoms with Crippen molar-refractivity contribution in [1.82, 2.24) is 63.7 Å². The lowest BCUT2D eigenvalue weighted by Gasteiger charge is -2.35. The highest BCUT2D eigenvalue weighted by Gasteiger charge is 2.14. The molecule has 13 nitrogen and oxygen atoms in total. The van der Waals surface area contributed by atoms with Gasteiger partial charge in [0.05, 0.1) is 33.3 Å². The molecular formula is C35H95N13. The second-order valence-corrected chi connectivity index (χ2v) is 15.9. The van der Waals surface area contributed by atoms with Gasteiger partial charge in [0.2, 0.25) is 0 Å². The van der Waals surface area contributed by atoms with Gasteiger partial charge in [-0.1, -0.05) is 21.3 Å². The van der Waals surface area contributed by atoms with E-state index in [1.165, 1.54) is 0 Å². The summed E-state index contributed by atoms with van der Waals surface area (Å²) < 4.78 is 0. The average Bonchev–Trinajstić information content (AvgIpc) is 2.75. The van der Waals surface area contributed by atoms with Gasteiger partial charge in [-0.15, -0.1) is 0 Å². The van der Waals surface area contributed by atoms with Crippen LogP contribution in [0.25, 0.3) is 0 Å². The lowest BCUT2D eigenvalue weighted by molar-refractivity contribution is 0.00961. The van der Waals surface area contributed by atoms with Crippen LogP contribution in [0.4, 0.5) is 0 Å². The van der Waals surface area contributed by atoms with E-state index in [4.69, 9.17) is 0 Å². The van der Waals surface area contributed by atoms with Crippen molar-refractivity contribution < 1.29 is 0 Å². The van der Waals surface area contributed by atoms with Crippen LogP contribution in [0.1, 0.15) is 21.3 Å². The zero-order valence-electron chi connectivity index (χ0n) is 36.9. The quantitative estimate of drug-likeness (QED) is 0.208. The summed E-state index contributed by atoms with van der Waals surface area (Å²) in [7, 11) is 47.7. The van der Waals surface area contributed by atoms with Crippen LogP contribution in [0, 0.1) is 5.92 Å². The minimum absolute atomic E-state index is 0. The van der Waals surface area contributed by atoms with Gasteiger partial charge < -0.3 is 4.90 Å². The van der Waals surface area contributed by atoms with E-state index in [1.54, 1.807) is 0 Å². The number of nitrogens with zero attached hydrogens (tertiary/aromatic N) is 13. The molecule has 0 radical (unpaired) electrons. The largest absolute Gasteiger partial charge is 0.312 e.